The third-order valence-electron chi connectivity index (χ3n) is 8.58. The van der Waals surface area contributed by atoms with E-state index >= 15 is 0 Å². The summed E-state index contributed by atoms with van der Waals surface area (Å²) in [4.78, 5) is 34.4. The summed E-state index contributed by atoms with van der Waals surface area (Å²) in [7, 11) is 3.12. The van der Waals surface area contributed by atoms with Crippen LogP contribution in [0.2, 0.25) is 5.02 Å². The molecule has 3 aromatic rings. The molecule has 41 heavy (non-hydrogen) atoms. The van der Waals surface area contributed by atoms with Crippen molar-refractivity contribution in [3.8, 4) is 11.5 Å². The maximum atomic E-state index is 14.0. The molecule has 6 rings (SSSR count). The maximum absolute atomic E-state index is 14.0. The molecule has 1 saturated heterocycles. The van der Waals surface area contributed by atoms with Gasteiger partial charge in [0.05, 0.1) is 26.2 Å². The van der Waals surface area contributed by atoms with Gasteiger partial charge in [-0.25, -0.2) is 0 Å². The second-order valence-electron chi connectivity index (χ2n) is 10.8. The number of anilines is 1. The van der Waals surface area contributed by atoms with Crippen LogP contribution in [0.3, 0.4) is 0 Å². The second-order valence-corrected chi connectivity index (χ2v) is 11.2. The summed E-state index contributed by atoms with van der Waals surface area (Å²) in [6.07, 6.45) is 0.760. The molecule has 1 fully saturated rings. The lowest BCUT2D eigenvalue weighted by molar-refractivity contribution is -0.124. The second kappa shape index (κ2) is 11.6. The van der Waals surface area contributed by atoms with Crippen LogP contribution in [-0.4, -0.2) is 81.6 Å². The number of hydrogen-bond acceptors (Lipinski definition) is 6. The van der Waals surface area contributed by atoms with E-state index in [-0.39, 0.29) is 17.9 Å². The van der Waals surface area contributed by atoms with Crippen molar-refractivity contribution in [1.82, 2.24) is 15.1 Å². The van der Waals surface area contributed by atoms with E-state index in [0.717, 1.165) is 55.4 Å². The van der Waals surface area contributed by atoms with Crippen LogP contribution in [-0.2, 0) is 11.2 Å². The molecule has 0 aliphatic carbocycles. The van der Waals surface area contributed by atoms with Gasteiger partial charge < -0.3 is 24.6 Å². The average Bonchev–Trinajstić information content (AvgIpc) is 3.00. The number of nitrogens with one attached hydrogen (secondary N) is 1. The third kappa shape index (κ3) is 5.22. The van der Waals surface area contributed by atoms with E-state index in [2.05, 4.69) is 27.2 Å². The minimum Gasteiger partial charge on any atom is -0.493 e. The Hall–Kier alpha value is -3.75. The molecule has 8 nitrogen and oxygen atoms in total. The van der Waals surface area contributed by atoms with E-state index in [4.69, 9.17) is 21.1 Å². The predicted molar refractivity (Wildman–Crippen MR) is 159 cm³/mol. The Labute approximate surface area is 245 Å². The molecule has 3 aromatic carbocycles. The van der Waals surface area contributed by atoms with E-state index in [0.29, 0.717) is 35.7 Å². The fourth-order valence-corrected chi connectivity index (χ4v) is 6.67. The van der Waals surface area contributed by atoms with Crippen molar-refractivity contribution in [2.45, 2.75) is 18.4 Å². The molecular formula is C32H35ClN4O4. The van der Waals surface area contributed by atoms with Gasteiger partial charge in [-0.1, -0.05) is 41.9 Å². The van der Waals surface area contributed by atoms with Gasteiger partial charge in [0.1, 0.15) is 0 Å². The highest BCUT2D eigenvalue weighted by molar-refractivity contribution is 6.30. The normalized spacial score (nSPS) is 20.1. The van der Waals surface area contributed by atoms with Gasteiger partial charge in [-0.3, -0.25) is 14.5 Å². The van der Waals surface area contributed by atoms with Crippen LogP contribution in [0.4, 0.5) is 5.69 Å². The number of carbonyl (C=O) groups is 2. The molecule has 0 bridgehead atoms. The van der Waals surface area contributed by atoms with Crippen molar-refractivity contribution in [2.24, 2.45) is 0 Å². The molecule has 2 atom stereocenters. The first-order valence-corrected chi connectivity index (χ1v) is 14.5. The Kier molecular flexibility index (Phi) is 7.77. The van der Waals surface area contributed by atoms with Crippen LogP contribution >= 0.6 is 11.6 Å². The fraction of sp³-hybridized carbons (Fsp3) is 0.375. The summed E-state index contributed by atoms with van der Waals surface area (Å²) < 4.78 is 11.1. The van der Waals surface area contributed by atoms with Gasteiger partial charge in [0.15, 0.2) is 11.5 Å². The molecule has 3 heterocycles. The zero-order valence-corrected chi connectivity index (χ0v) is 24.2. The smallest absolute Gasteiger partial charge is 0.254 e. The van der Waals surface area contributed by atoms with Crippen molar-refractivity contribution >= 4 is 29.1 Å². The highest BCUT2D eigenvalue weighted by atomic mass is 35.5. The molecule has 9 heteroatoms. The molecule has 0 aromatic heterocycles. The topological polar surface area (TPSA) is 74.4 Å². The molecule has 0 saturated carbocycles. The highest BCUT2D eigenvalue weighted by Gasteiger charge is 2.46. The average molecular weight is 575 g/mol. The number of piperazine rings is 1. The number of carbonyl (C=O) groups excluding carboxylic acids is 2. The zero-order chi connectivity index (χ0) is 28.5. The number of ether oxygens (including phenoxy) is 2. The van der Waals surface area contributed by atoms with Crippen molar-refractivity contribution < 1.29 is 19.1 Å². The van der Waals surface area contributed by atoms with Crippen LogP contribution in [0, 0.1) is 0 Å². The first kappa shape index (κ1) is 27.4. The zero-order valence-electron chi connectivity index (χ0n) is 23.4. The van der Waals surface area contributed by atoms with Gasteiger partial charge in [-0.05, 0) is 53.4 Å². The number of methoxy groups -OCH3 is 2. The lowest BCUT2D eigenvalue weighted by Gasteiger charge is -2.45. The summed E-state index contributed by atoms with van der Waals surface area (Å²) in [6.45, 7) is 5.47. The van der Waals surface area contributed by atoms with Gasteiger partial charge in [0.2, 0.25) is 5.91 Å². The van der Waals surface area contributed by atoms with Gasteiger partial charge >= 0.3 is 0 Å². The number of amides is 2. The van der Waals surface area contributed by atoms with Gasteiger partial charge in [-0.15, -0.1) is 0 Å². The minimum absolute atomic E-state index is 0.0814. The summed E-state index contributed by atoms with van der Waals surface area (Å²) in [5.74, 6) is 0.249. The maximum Gasteiger partial charge on any atom is 0.254 e. The van der Waals surface area contributed by atoms with E-state index in [9.17, 15) is 9.59 Å². The number of rotatable bonds is 7. The molecular weight excluding hydrogens is 540 g/mol. The van der Waals surface area contributed by atoms with Crippen molar-refractivity contribution in [3.63, 3.8) is 0 Å². The summed E-state index contributed by atoms with van der Waals surface area (Å²) in [5.41, 5.74) is 4.53. The molecule has 214 valence electrons. The van der Waals surface area contributed by atoms with Crippen LogP contribution in [0.5, 0.6) is 11.5 Å². The SMILES string of the molecule is COc1cc2c(cc1OC)[C@H](C(=O)NCCN1CCN(c3cccc(Cl)c3)CC1)[C@@H]1c3ccccc3CCN1C2=O. The van der Waals surface area contributed by atoms with E-state index in [1.54, 1.807) is 26.4 Å². The standard InChI is InChI=1S/C32H35ClN4O4/c1-40-27-19-25-26(20-28(27)41-2)32(39)37-12-10-21-6-3-4-9-24(21)30(37)29(25)31(38)34-11-13-35-14-16-36(17-15-35)23-8-5-7-22(33)18-23/h3-9,18-20,29-30H,10-17H2,1-2H3,(H,34,38)/t29-,30-/m0/s1. The van der Waals surface area contributed by atoms with E-state index in [1.165, 1.54) is 5.56 Å². The highest BCUT2D eigenvalue weighted by Crippen LogP contribution is 2.48. The molecule has 0 radical (unpaired) electrons. The largest absolute Gasteiger partial charge is 0.493 e. The summed E-state index contributed by atoms with van der Waals surface area (Å²) in [6, 6.07) is 19.2. The number of nitrogens with zero attached hydrogens (tertiary/aromatic N) is 3. The molecule has 2 amide bonds. The molecule has 3 aliphatic heterocycles. The van der Waals surface area contributed by atoms with Crippen LogP contribution in [0.1, 0.15) is 39.0 Å². The fourth-order valence-electron chi connectivity index (χ4n) is 6.48. The third-order valence-corrected chi connectivity index (χ3v) is 8.82. The van der Waals surface area contributed by atoms with Crippen LogP contribution in [0.25, 0.3) is 0 Å². The van der Waals surface area contributed by atoms with Crippen molar-refractivity contribution in [2.75, 3.05) is 64.9 Å². The Balaban J connectivity index is 1.20. The van der Waals surface area contributed by atoms with Crippen LogP contribution < -0.4 is 19.7 Å². The first-order chi connectivity index (χ1) is 20.0. The van der Waals surface area contributed by atoms with Crippen molar-refractivity contribution in [3.05, 3.63) is 87.9 Å². The number of hydrogen-bond donors (Lipinski definition) is 1. The van der Waals surface area contributed by atoms with Gasteiger partial charge in [-0.2, -0.15) is 0 Å². The number of halogens is 1. The molecule has 1 N–H and O–H groups in total. The molecule has 0 unspecified atom stereocenters. The van der Waals surface area contributed by atoms with E-state index < -0.39 is 5.92 Å². The Morgan fingerprint density at radius 1 is 0.927 bits per heavy atom. The summed E-state index contributed by atoms with van der Waals surface area (Å²) in [5, 5.41) is 3.96. The Morgan fingerprint density at radius 2 is 1.68 bits per heavy atom. The Morgan fingerprint density at radius 3 is 2.44 bits per heavy atom. The lowest BCUT2D eigenvalue weighted by atomic mass is 9.75. The minimum atomic E-state index is -0.566. The first-order valence-electron chi connectivity index (χ1n) is 14.1. The molecule has 3 aliphatic rings. The van der Waals surface area contributed by atoms with Gasteiger partial charge in [0.25, 0.3) is 5.91 Å². The monoisotopic (exact) mass is 574 g/mol. The van der Waals surface area contributed by atoms with Crippen molar-refractivity contribution in [1.29, 1.82) is 0 Å². The van der Waals surface area contributed by atoms with Gasteiger partial charge in [0, 0.05) is 62.1 Å². The molecule has 0 spiro atoms. The lowest BCUT2D eigenvalue weighted by Crippen LogP contribution is -2.51. The quantitative estimate of drug-likeness (QED) is 0.457. The Bertz CT molecular complexity index is 1460. The number of benzene rings is 3. The van der Waals surface area contributed by atoms with E-state index in [1.807, 2.05) is 41.3 Å². The predicted octanol–water partition coefficient (Wildman–Crippen LogP) is 4.13. The van der Waals surface area contributed by atoms with Crippen LogP contribution in [0.15, 0.2) is 60.7 Å². The summed E-state index contributed by atoms with van der Waals surface area (Å²) >= 11 is 6.19. The number of fused-ring (bicyclic) bond motifs is 4.